The van der Waals surface area contributed by atoms with Gasteiger partial charge in [-0.1, -0.05) is 36.4 Å². The first kappa shape index (κ1) is 23.2. The summed E-state index contributed by atoms with van der Waals surface area (Å²) in [6.07, 6.45) is 4.38. The van der Waals surface area contributed by atoms with Crippen molar-refractivity contribution in [2.75, 3.05) is 33.4 Å². The van der Waals surface area contributed by atoms with E-state index in [0.717, 1.165) is 16.8 Å². The zero-order chi connectivity index (χ0) is 24.1. The van der Waals surface area contributed by atoms with E-state index in [1.807, 2.05) is 48.6 Å². The molecule has 0 bridgehead atoms. The molecule has 1 heterocycles. The summed E-state index contributed by atoms with van der Waals surface area (Å²) in [4.78, 5) is 0. The maximum atomic E-state index is 14.8. The Labute approximate surface area is 198 Å². The quantitative estimate of drug-likeness (QED) is 0.418. The van der Waals surface area contributed by atoms with Crippen LogP contribution in [0.5, 0.6) is 23.0 Å². The van der Waals surface area contributed by atoms with E-state index in [2.05, 4.69) is 0 Å². The normalized spacial score (nSPS) is 15.4. The molecule has 1 aliphatic rings. The summed E-state index contributed by atoms with van der Waals surface area (Å²) in [5, 5.41) is 6.48. The second-order valence-corrected chi connectivity index (χ2v) is 7.61. The molecule has 0 saturated heterocycles. The van der Waals surface area contributed by atoms with Crippen molar-refractivity contribution in [2.45, 2.75) is 12.5 Å². The van der Waals surface area contributed by atoms with Crippen LogP contribution >= 0.6 is 0 Å². The molecular formula is C27H27FN2O4. The van der Waals surface area contributed by atoms with Crippen LogP contribution in [0, 0.1) is 5.82 Å². The molecule has 0 spiro atoms. The van der Waals surface area contributed by atoms with Gasteiger partial charge in [0.1, 0.15) is 5.82 Å². The van der Waals surface area contributed by atoms with Crippen molar-refractivity contribution in [1.29, 1.82) is 0 Å². The summed E-state index contributed by atoms with van der Waals surface area (Å²) in [7, 11) is 6.40. The molecule has 0 amide bonds. The summed E-state index contributed by atoms with van der Waals surface area (Å²) in [6.45, 7) is 0. The Bertz CT molecular complexity index is 1230. The summed E-state index contributed by atoms with van der Waals surface area (Å²) in [5.41, 5.74) is 2.88. The lowest BCUT2D eigenvalue weighted by Crippen LogP contribution is -2.20. The van der Waals surface area contributed by atoms with Crippen LogP contribution in [0.15, 0.2) is 71.8 Å². The molecule has 1 unspecified atom stereocenters. The first-order valence-corrected chi connectivity index (χ1v) is 10.8. The van der Waals surface area contributed by atoms with E-state index >= 15 is 0 Å². The monoisotopic (exact) mass is 462 g/mol. The molecule has 1 aliphatic heterocycles. The van der Waals surface area contributed by atoms with Crippen molar-refractivity contribution in [3.05, 3.63) is 83.7 Å². The van der Waals surface area contributed by atoms with Gasteiger partial charge < -0.3 is 18.9 Å². The van der Waals surface area contributed by atoms with Crippen LogP contribution in [0.1, 0.15) is 23.6 Å². The maximum absolute atomic E-state index is 14.8. The van der Waals surface area contributed by atoms with E-state index in [9.17, 15) is 4.39 Å². The van der Waals surface area contributed by atoms with Crippen molar-refractivity contribution < 1.29 is 23.3 Å². The zero-order valence-corrected chi connectivity index (χ0v) is 19.6. The summed E-state index contributed by atoms with van der Waals surface area (Å²) < 4.78 is 36.9. The molecule has 6 nitrogen and oxygen atoms in total. The fourth-order valence-electron chi connectivity index (χ4n) is 4.14. The van der Waals surface area contributed by atoms with E-state index in [4.69, 9.17) is 24.0 Å². The van der Waals surface area contributed by atoms with E-state index in [0.29, 0.717) is 35.1 Å². The lowest BCUT2D eigenvalue weighted by molar-refractivity contribution is 0.349. The van der Waals surface area contributed by atoms with Crippen molar-refractivity contribution in [1.82, 2.24) is 0 Å². The van der Waals surface area contributed by atoms with E-state index in [1.54, 1.807) is 51.6 Å². The predicted octanol–water partition coefficient (Wildman–Crippen LogP) is 5.88. The fourth-order valence-corrected chi connectivity index (χ4v) is 4.14. The van der Waals surface area contributed by atoms with Gasteiger partial charge in [-0.15, -0.1) is 0 Å². The smallest absolute Gasteiger partial charge is 0.167 e. The molecule has 4 rings (SSSR count). The van der Waals surface area contributed by atoms with Gasteiger partial charge in [-0.05, 0) is 36.4 Å². The van der Waals surface area contributed by atoms with Crippen LogP contribution in [-0.2, 0) is 0 Å². The molecule has 0 aromatic heterocycles. The Hall–Kier alpha value is -4.00. The lowest BCUT2D eigenvalue weighted by Gasteiger charge is -2.26. The summed E-state index contributed by atoms with van der Waals surface area (Å²) in [6, 6.07) is 17.7. The second kappa shape index (κ2) is 10.3. The molecule has 34 heavy (non-hydrogen) atoms. The minimum absolute atomic E-state index is 0.284. The molecule has 176 valence electrons. The molecule has 1 atom stereocenters. The van der Waals surface area contributed by atoms with Crippen molar-refractivity contribution in [2.24, 2.45) is 5.10 Å². The van der Waals surface area contributed by atoms with Gasteiger partial charge in [0, 0.05) is 17.5 Å². The lowest BCUT2D eigenvalue weighted by atomic mass is 9.99. The van der Waals surface area contributed by atoms with Gasteiger partial charge in [-0.3, -0.25) is 5.01 Å². The highest BCUT2D eigenvalue weighted by Gasteiger charge is 2.32. The van der Waals surface area contributed by atoms with Crippen molar-refractivity contribution in [3.8, 4) is 23.0 Å². The van der Waals surface area contributed by atoms with Crippen LogP contribution in [0.4, 0.5) is 10.1 Å². The van der Waals surface area contributed by atoms with Crippen LogP contribution in [0.3, 0.4) is 0 Å². The van der Waals surface area contributed by atoms with Crippen LogP contribution in [0.2, 0.25) is 0 Å². The highest BCUT2D eigenvalue weighted by molar-refractivity contribution is 6.01. The number of hydrazone groups is 1. The third-order valence-corrected chi connectivity index (χ3v) is 5.71. The number of benzene rings is 3. The number of halogens is 1. The predicted molar refractivity (Wildman–Crippen MR) is 132 cm³/mol. The average molecular weight is 463 g/mol. The van der Waals surface area contributed by atoms with Gasteiger partial charge >= 0.3 is 0 Å². The van der Waals surface area contributed by atoms with Crippen molar-refractivity contribution in [3.63, 3.8) is 0 Å². The number of ether oxygens (including phenoxy) is 4. The second-order valence-electron chi connectivity index (χ2n) is 7.61. The number of nitrogens with zero attached hydrogens (tertiary/aromatic N) is 2. The van der Waals surface area contributed by atoms with E-state index in [-0.39, 0.29) is 11.9 Å². The first-order valence-electron chi connectivity index (χ1n) is 10.8. The third-order valence-electron chi connectivity index (χ3n) is 5.71. The Kier molecular flexibility index (Phi) is 7.01. The Morgan fingerprint density at radius 1 is 0.794 bits per heavy atom. The summed E-state index contributed by atoms with van der Waals surface area (Å²) >= 11 is 0. The number of hydrogen-bond acceptors (Lipinski definition) is 6. The first-order chi connectivity index (χ1) is 16.6. The number of para-hydroxylation sites is 3. The van der Waals surface area contributed by atoms with Gasteiger partial charge in [0.2, 0.25) is 0 Å². The molecule has 0 N–H and O–H groups in total. The Morgan fingerprint density at radius 3 is 2.15 bits per heavy atom. The molecule has 0 fully saturated rings. The number of anilines is 1. The molecule has 3 aromatic rings. The standard InChI is InChI=1S/C27H27FN2O4/c1-31-24-13-7-9-18(26(24)33-3)15-16-19-17-23(20-10-8-14-25(32-2)27(20)34-4)30(29-19)22-12-6-5-11-21(22)28/h5-16,23H,17H2,1-4H3. The molecule has 7 heteroatoms. The molecule has 0 radical (unpaired) electrons. The highest BCUT2D eigenvalue weighted by Crippen LogP contribution is 2.43. The van der Waals surface area contributed by atoms with Gasteiger partial charge in [-0.2, -0.15) is 5.10 Å². The highest BCUT2D eigenvalue weighted by atomic mass is 19.1. The van der Waals surface area contributed by atoms with E-state index in [1.165, 1.54) is 6.07 Å². The van der Waals surface area contributed by atoms with Crippen molar-refractivity contribution >= 4 is 17.5 Å². The average Bonchev–Trinajstić information content (AvgIpc) is 3.30. The fraction of sp³-hybridized carbons (Fsp3) is 0.222. The third kappa shape index (κ3) is 4.41. The molecule has 3 aromatic carbocycles. The van der Waals surface area contributed by atoms with Crippen LogP contribution in [-0.4, -0.2) is 34.2 Å². The minimum Gasteiger partial charge on any atom is -0.493 e. The molecular weight excluding hydrogens is 435 g/mol. The largest absolute Gasteiger partial charge is 0.493 e. The topological polar surface area (TPSA) is 52.5 Å². The summed E-state index contributed by atoms with van der Waals surface area (Å²) in [5.74, 6) is 2.14. The number of allylic oxidation sites excluding steroid dienone is 1. The van der Waals surface area contributed by atoms with E-state index < -0.39 is 0 Å². The Morgan fingerprint density at radius 2 is 1.47 bits per heavy atom. The maximum Gasteiger partial charge on any atom is 0.167 e. The van der Waals surface area contributed by atoms with Gasteiger partial charge in [0.15, 0.2) is 23.0 Å². The molecule has 0 saturated carbocycles. The van der Waals surface area contributed by atoms with Gasteiger partial charge in [0.25, 0.3) is 0 Å². The number of hydrogen-bond donors (Lipinski definition) is 0. The van der Waals surface area contributed by atoms with Crippen LogP contribution in [0.25, 0.3) is 6.08 Å². The van der Waals surface area contributed by atoms with Crippen LogP contribution < -0.4 is 24.0 Å². The SMILES string of the molecule is COc1cccc(C=CC2=NN(c3ccccc3F)C(c3cccc(OC)c3OC)C2)c1OC. The zero-order valence-electron chi connectivity index (χ0n) is 19.6. The number of methoxy groups -OCH3 is 4. The van der Waals surface area contributed by atoms with Gasteiger partial charge in [0.05, 0.1) is 45.9 Å². The van der Waals surface area contributed by atoms with Gasteiger partial charge in [-0.25, -0.2) is 4.39 Å². The molecule has 0 aliphatic carbocycles. The Balaban J connectivity index is 1.75. The number of rotatable bonds is 8. The minimum atomic E-state index is -0.349.